The van der Waals surface area contributed by atoms with E-state index >= 15 is 0 Å². The number of benzene rings is 2. The van der Waals surface area contributed by atoms with E-state index in [0.29, 0.717) is 31.7 Å². The summed E-state index contributed by atoms with van der Waals surface area (Å²) < 4.78 is 17.8. The van der Waals surface area contributed by atoms with Gasteiger partial charge < -0.3 is 9.80 Å². The molecular weight excluding hydrogens is 351 g/mol. The first-order valence-electron chi connectivity index (χ1n) is 8.39. The van der Waals surface area contributed by atoms with E-state index in [9.17, 15) is 9.18 Å². The molecule has 0 radical (unpaired) electrons. The van der Waals surface area contributed by atoms with Crippen molar-refractivity contribution in [3.05, 3.63) is 66.0 Å². The van der Waals surface area contributed by atoms with Crippen LogP contribution in [0.3, 0.4) is 0 Å². The molecule has 132 valence electrons. The van der Waals surface area contributed by atoms with Gasteiger partial charge in [0.05, 0.1) is 0 Å². The summed E-state index contributed by atoms with van der Waals surface area (Å²) in [6, 6.07) is 15.7. The highest BCUT2D eigenvalue weighted by Crippen LogP contribution is 2.25. The first-order valence-corrected chi connectivity index (χ1v) is 9.17. The number of hydrogen-bond acceptors (Lipinski definition) is 5. The average Bonchev–Trinajstić information content (AvgIpc) is 3.18. The van der Waals surface area contributed by atoms with Crippen LogP contribution in [0.5, 0.6) is 0 Å². The molecular formula is C19H17FN4OS. The second kappa shape index (κ2) is 7.21. The Hall–Kier alpha value is -2.80. The molecule has 0 N–H and O–H groups in total. The molecule has 1 aliphatic heterocycles. The van der Waals surface area contributed by atoms with Crippen LogP contribution in [0.2, 0.25) is 0 Å². The van der Waals surface area contributed by atoms with E-state index < -0.39 is 5.82 Å². The van der Waals surface area contributed by atoms with Crippen LogP contribution in [-0.4, -0.2) is 46.3 Å². The van der Waals surface area contributed by atoms with Crippen molar-refractivity contribution in [1.29, 1.82) is 0 Å². The summed E-state index contributed by atoms with van der Waals surface area (Å²) in [5, 5.41) is 0.863. The summed E-state index contributed by atoms with van der Waals surface area (Å²) in [6.45, 7) is 2.53. The van der Waals surface area contributed by atoms with Crippen LogP contribution in [0.15, 0.2) is 54.6 Å². The van der Waals surface area contributed by atoms with E-state index in [1.54, 1.807) is 17.0 Å². The summed E-state index contributed by atoms with van der Waals surface area (Å²) in [5.41, 5.74) is 1.38. The minimum Gasteiger partial charge on any atom is -0.343 e. The van der Waals surface area contributed by atoms with Crippen molar-refractivity contribution in [2.24, 2.45) is 0 Å². The number of hydrogen-bond donors (Lipinski definition) is 0. The summed E-state index contributed by atoms with van der Waals surface area (Å²) in [6.07, 6.45) is 0. The van der Waals surface area contributed by atoms with Crippen molar-refractivity contribution >= 4 is 22.6 Å². The predicted molar refractivity (Wildman–Crippen MR) is 99.9 cm³/mol. The van der Waals surface area contributed by atoms with Gasteiger partial charge in [-0.1, -0.05) is 36.4 Å². The Kier molecular flexibility index (Phi) is 4.62. The topological polar surface area (TPSA) is 49.3 Å². The van der Waals surface area contributed by atoms with E-state index in [4.69, 9.17) is 0 Å². The molecule has 7 heteroatoms. The number of piperazine rings is 1. The lowest BCUT2D eigenvalue weighted by atomic mass is 10.2. The van der Waals surface area contributed by atoms with Crippen molar-refractivity contribution < 1.29 is 9.18 Å². The fourth-order valence-electron chi connectivity index (χ4n) is 2.95. The van der Waals surface area contributed by atoms with Gasteiger partial charge in [-0.2, -0.15) is 9.36 Å². The standard InChI is InChI=1S/C19H17FN4OS/c20-16-8-4-7-15(13-16)18(25)23-9-11-24(12-10-23)19-21-17(22-26-19)14-5-2-1-3-6-14/h1-8,13H,9-12H2. The van der Waals surface area contributed by atoms with E-state index in [-0.39, 0.29) is 5.91 Å². The average molecular weight is 368 g/mol. The van der Waals surface area contributed by atoms with Crippen molar-refractivity contribution in [2.45, 2.75) is 0 Å². The Morgan fingerprint density at radius 1 is 1.00 bits per heavy atom. The maximum absolute atomic E-state index is 13.3. The van der Waals surface area contributed by atoms with Crippen LogP contribution in [0.1, 0.15) is 10.4 Å². The number of carbonyl (C=O) groups is 1. The molecule has 1 saturated heterocycles. The molecule has 0 bridgehead atoms. The summed E-state index contributed by atoms with van der Waals surface area (Å²) in [5.74, 6) is 0.201. The van der Waals surface area contributed by atoms with Gasteiger partial charge in [-0.15, -0.1) is 0 Å². The highest BCUT2D eigenvalue weighted by atomic mass is 32.1. The fourth-order valence-corrected chi connectivity index (χ4v) is 3.69. The maximum Gasteiger partial charge on any atom is 0.254 e. The number of amides is 1. The molecule has 1 aromatic heterocycles. The van der Waals surface area contributed by atoms with Crippen molar-refractivity contribution in [3.8, 4) is 11.4 Å². The number of halogens is 1. The van der Waals surface area contributed by atoms with E-state index in [0.717, 1.165) is 16.5 Å². The van der Waals surface area contributed by atoms with Crippen LogP contribution in [0.25, 0.3) is 11.4 Å². The van der Waals surface area contributed by atoms with Gasteiger partial charge in [-0.25, -0.2) is 4.39 Å². The molecule has 26 heavy (non-hydrogen) atoms. The highest BCUT2D eigenvalue weighted by Gasteiger charge is 2.24. The first-order chi connectivity index (χ1) is 12.7. The fraction of sp³-hybridized carbons (Fsp3) is 0.211. The molecule has 0 spiro atoms. The van der Waals surface area contributed by atoms with Gasteiger partial charge in [0.25, 0.3) is 5.91 Å². The van der Waals surface area contributed by atoms with Gasteiger partial charge >= 0.3 is 0 Å². The zero-order valence-electron chi connectivity index (χ0n) is 14.0. The number of rotatable bonds is 3. The Balaban J connectivity index is 1.41. The van der Waals surface area contributed by atoms with Crippen molar-refractivity contribution in [2.75, 3.05) is 31.1 Å². The lowest BCUT2D eigenvalue weighted by molar-refractivity contribution is 0.0746. The Morgan fingerprint density at radius 2 is 1.77 bits per heavy atom. The summed E-state index contributed by atoms with van der Waals surface area (Å²) >= 11 is 1.37. The van der Waals surface area contributed by atoms with Gasteiger partial charge in [-0.3, -0.25) is 4.79 Å². The Labute approximate surface area is 154 Å². The van der Waals surface area contributed by atoms with Crippen LogP contribution < -0.4 is 4.90 Å². The first kappa shape index (κ1) is 16.7. The molecule has 3 aromatic rings. The number of nitrogens with zero attached hydrogens (tertiary/aromatic N) is 4. The largest absolute Gasteiger partial charge is 0.343 e. The SMILES string of the molecule is O=C(c1cccc(F)c1)N1CCN(c2nc(-c3ccccc3)ns2)CC1. The zero-order valence-corrected chi connectivity index (χ0v) is 14.8. The molecule has 0 saturated carbocycles. The van der Waals surface area contributed by atoms with Crippen molar-refractivity contribution in [3.63, 3.8) is 0 Å². The molecule has 2 aromatic carbocycles. The number of carbonyl (C=O) groups excluding carboxylic acids is 1. The minimum atomic E-state index is -0.392. The predicted octanol–water partition coefficient (Wildman–Crippen LogP) is 3.31. The van der Waals surface area contributed by atoms with Gasteiger partial charge in [-0.05, 0) is 18.2 Å². The molecule has 1 amide bonds. The third-order valence-electron chi connectivity index (χ3n) is 4.36. The van der Waals surface area contributed by atoms with E-state index in [2.05, 4.69) is 14.3 Å². The number of anilines is 1. The lowest BCUT2D eigenvalue weighted by Gasteiger charge is -2.34. The second-order valence-electron chi connectivity index (χ2n) is 6.06. The van der Waals surface area contributed by atoms with Gasteiger partial charge in [0.15, 0.2) is 5.82 Å². The van der Waals surface area contributed by atoms with E-state index in [1.807, 2.05) is 30.3 Å². The van der Waals surface area contributed by atoms with Crippen LogP contribution in [-0.2, 0) is 0 Å². The van der Waals surface area contributed by atoms with Crippen LogP contribution >= 0.6 is 11.5 Å². The molecule has 0 unspecified atom stereocenters. The molecule has 1 aliphatic rings. The van der Waals surface area contributed by atoms with Gasteiger partial charge in [0.1, 0.15) is 5.82 Å². The smallest absolute Gasteiger partial charge is 0.254 e. The number of aromatic nitrogens is 2. The Bertz CT molecular complexity index is 907. The normalized spacial score (nSPS) is 14.5. The van der Waals surface area contributed by atoms with Crippen LogP contribution in [0.4, 0.5) is 9.52 Å². The zero-order chi connectivity index (χ0) is 17.9. The van der Waals surface area contributed by atoms with Crippen molar-refractivity contribution in [1.82, 2.24) is 14.3 Å². The van der Waals surface area contributed by atoms with Crippen LogP contribution in [0, 0.1) is 5.82 Å². The molecule has 2 heterocycles. The molecule has 4 rings (SSSR count). The highest BCUT2D eigenvalue weighted by molar-refractivity contribution is 7.09. The maximum atomic E-state index is 13.3. The second-order valence-corrected chi connectivity index (χ2v) is 6.79. The monoisotopic (exact) mass is 368 g/mol. The Morgan fingerprint density at radius 3 is 2.50 bits per heavy atom. The lowest BCUT2D eigenvalue weighted by Crippen LogP contribution is -2.48. The third-order valence-corrected chi connectivity index (χ3v) is 5.13. The minimum absolute atomic E-state index is 0.133. The summed E-state index contributed by atoms with van der Waals surface area (Å²) in [7, 11) is 0. The van der Waals surface area contributed by atoms with Gasteiger partial charge in [0.2, 0.25) is 5.13 Å². The molecule has 1 fully saturated rings. The molecule has 0 aliphatic carbocycles. The quantitative estimate of drug-likeness (QED) is 0.712. The third kappa shape index (κ3) is 3.43. The molecule has 0 atom stereocenters. The van der Waals surface area contributed by atoms with E-state index in [1.165, 1.54) is 23.7 Å². The summed E-state index contributed by atoms with van der Waals surface area (Å²) in [4.78, 5) is 21.0. The molecule has 5 nitrogen and oxygen atoms in total. The van der Waals surface area contributed by atoms with Gasteiger partial charge in [0, 0.05) is 48.8 Å².